The molecule has 2 atom stereocenters. The summed E-state index contributed by atoms with van der Waals surface area (Å²) in [5, 5.41) is 5.48. The van der Waals surface area contributed by atoms with Gasteiger partial charge in [-0.2, -0.15) is 0 Å². The topological polar surface area (TPSA) is 60.2 Å². The van der Waals surface area contributed by atoms with Gasteiger partial charge in [-0.15, -0.1) is 0 Å². The maximum absolute atomic E-state index is 12.0. The molecular weight excluding hydrogens is 246 g/mol. The highest BCUT2D eigenvalue weighted by molar-refractivity contribution is 7.90. The maximum Gasteiger partial charge on any atom is 0.215 e. The predicted molar refractivity (Wildman–Crippen MR) is 73.5 cm³/mol. The van der Waals surface area contributed by atoms with Gasteiger partial charge in [-0.05, 0) is 29.7 Å². The first-order valence-electron chi connectivity index (χ1n) is 6.23. The molecule has 1 aliphatic rings. The molecule has 4 heteroatoms. The molecule has 2 N–H and O–H groups in total. The fourth-order valence-corrected chi connectivity index (χ4v) is 4.45. The van der Waals surface area contributed by atoms with Crippen molar-refractivity contribution in [2.75, 3.05) is 0 Å². The number of primary sulfonamides is 1. The van der Waals surface area contributed by atoms with Gasteiger partial charge in [0.05, 0.1) is 4.75 Å². The highest BCUT2D eigenvalue weighted by atomic mass is 32.2. The van der Waals surface area contributed by atoms with Crippen molar-refractivity contribution in [2.24, 2.45) is 16.5 Å². The van der Waals surface area contributed by atoms with Crippen molar-refractivity contribution in [2.45, 2.75) is 38.4 Å². The first kappa shape index (κ1) is 13.6. The van der Waals surface area contributed by atoms with Crippen LogP contribution in [-0.4, -0.2) is 13.2 Å². The number of benzene rings is 1. The highest BCUT2D eigenvalue weighted by Crippen LogP contribution is 2.59. The molecule has 0 spiro atoms. The van der Waals surface area contributed by atoms with E-state index < -0.39 is 14.8 Å². The molecule has 1 aromatic carbocycles. The molecule has 3 nitrogen and oxygen atoms in total. The molecule has 0 amide bonds. The number of hydrogen-bond donors (Lipinski definition) is 1. The van der Waals surface area contributed by atoms with E-state index in [-0.39, 0.29) is 11.3 Å². The molecule has 2 rings (SSSR count). The Labute approximate surface area is 109 Å². The van der Waals surface area contributed by atoms with Crippen LogP contribution < -0.4 is 5.14 Å². The number of nitrogens with two attached hydrogens (primary N) is 1. The first-order valence-corrected chi connectivity index (χ1v) is 7.78. The van der Waals surface area contributed by atoms with E-state index in [0.717, 1.165) is 5.56 Å². The summed E-state index contributed by atoms with van der Waals surface area (Å²) in [5.41, 5.74) is 1.01. The van der Waals surface area contributed by atoms with Crippen molar-refractivity contribution in [1.82, 2.24) is 0 Å². The molecule has 0 aliphatic heterocycles. The van der Waals surface area contributed by atoms with Gasteiger partial charge in [-0.1, -0.05) is 51.1 Å². The molecule has 0 bridgehead atoms. The highest BCUT2D eigenvalue weighted by Gasteiger charge is 2.65. The number of sulfonamides is 1. The second-order valence-electron chi connectivity index (χ2n) is 6.39. The Morgan fingerprint density at radius 2 is 1.83 bits per heavy atom. The second kappa shape index (κ2) is 4.07. The van der Waals surface area contributed by atoms with Gasteiger partial charge in [-0.25, -0.2) is 13.6 Å². The van der Waals surface area contributed by atoms with E-state index in [1.807, 2.05) is 30.3 Å². The molecule has 18 heavy (non-hydrogen) atoms. The van der Waals surface area contributed by atoms with Crippen molar-refractivity contribution in [3.8, 4) is 0 Å². The zero-order valence-electron chi connectivity index (χ0n) is 11.2. The first-order chi connectivity index (χ1) is 8.17. The van der Waals surface area contributed by atoms with Crippen LogP contribution in [0.4, 0.5) is 0 Å². The van der Waals surface area contributed by atoms with Crippen LogP contribution in [0.5, 0.6) is 0 Å². The summed E-state index contributed by atoms with van der Waals surface area (Å²) in [6.45, 7) is 6.24. The van der Waals surface area contributed by atoms with Crippen LogP contribution in [0.25, 0.3) is 0 Å². The van der Waals surface area contributed by atoms with Crippen LogP contribution in [0.15, 0.2) is 30.3 Å². The lowest BCUT2D eigenvalue weighted by Crippen LogP contribution is -2.37. The molecule has 100 valence electrons. The van der Waals surface area contributed by atoms with Crippen LogP contribution in [0, 0.1) is 11.3 Å². The molecule has 1 fully saturated rings. The summed E-state index contributed by atoms with van der Waals surface area (Å²) in [6, 6.07) is 9.72. The zero-order valence-corrected chi connectivity index (χ0v) is 12.0. The standard InChI is InChI=1S/C14H21NO2S/c1-13(2,3)12-10-14(12,18(15,16)17)9-11-7-5-4-6-8-11/h4-8,12H,9-10H2,1-3H3,(H2,15,16,17). The molecule has 0 saturated heterocycles. The summed E-state index contributed by atoms with van der Waals surface area (Å²) in [4.78, 5) is 0. The monoisotopic (exact) mass is 267 g/mol. The molecular formula is C14H21NO2S. The van der Waals surface area contributed by atoms with Gasteiger partial charge >= 0.3 is 0 Å². The minimum Gasteiger partial charge on any atom is -0.228 e. The smallest absolute Gasteiger partial charge is 0.215 e. The van der Waals surface area contributed by atoms with Gasteiger partial charge in [0.2, 0.25) is 10.0 Å². The third kappa shape index (κ3) is 2.31. The molecule has 1 aromatic rings. The summed E-state index contributed by atoms with van der Waals surface area (Å²) in [6.07, 6.45) is 1.19. The van der Waals surface area contributed by atoms with Gasteiger partial charge in [0, 0.05) is 0 Å². The molecule has 0 heterocycles. The van der Waals surface area contributed by atoms with E-state index in [1.165, 1.54) is 0 Å². The molecule has 0 radical (unpaired) electrons. The zero-order chi connectivity index (χ0) is 13.6. The van der Waals surface area contributed by atoms with E-state index >= 15 is 0 Å². The van der Waals surface area contributed by atoms with Gasteiger partial charge in [0.25, 0.3) is 0 Å². The van der Waals surface area contributed by atoms with E-state index in [2.05, 4.69) is 20.8 Å². The van der Waals surface area contributed by atoms with Gasteiger partial charge in [0.15, 0.2) is 0 Å². The van der Waals surface area contributed by atoms with E-state index in [1.54, 1.807) is 0 Å². The van der Waals surface area contributed by atoms with Crippen LogP contribution >= 0.6 is 0 Å². The number of rotatable bonds is 3. The Kier molecular flexibility index (Phi) is 3.06. The number of hydrogen-bond acceptors (Lipinski definition) is 2. The van der Waals surface area contributed by atoms with Crippen molar-refractivity contribution in [1.29, 1.82) is 0 Å². The van der Waals surface area contributed by atoms with Gasteiger partial charge < -0.3 is 0 Å². The average molecular weight is 267 g/mol. The SMILES string of the molecule is CC(C)(C)C1CC1(Cc1ccccc1)S(N)(=O)=O. The van der Waals surface area contributed by atoms with Crippen LogP contribution in [0.2, 0.25) is 0 Å². The second-order valence-corrected chi connectivity index (χ2v) is 8.30. The van der Waals surface area contributed by atoms with Crippen LogP contribution in [-0.2, 0) is 16.4 Å². The predicted octanol–water partition coefficient (Wildman–Crippen LogP) is 2.32. The Balaban J connectivity index is 2.32. The van der Waals surface area contributed by atoms with Crippen molar-refractivity contribution < 1.29 is 8.42 Å². The quantitative estimate of drug-likeness (QED) is 0.913. The van der Waals surface area contributed by atoms with Gasteiger partial charge in [0.1, 0.15) is 0 Å². The molecule has 0 aromatic heterocycles. The summed E-state index contributed by atoms with van der Waals surface area (Å²) in [5.74, 6) is 0.139. The Morgan fingerprint density at radius 1 is 1.28 bits per heavy atom. The van der Waals surface area contributed by atoms with E-state index in [4.69, 9.17) is 5.14 Å². The molecule has 1 saturated carbocycles. The van der Waals surface area contributed by atoms with Crippen molar-refractivity contribution >= 4 is 10.0 Å². The molecule has 2 unspecified atom stereocenters. The van der Waals surface area contributed by atoms with Crippen LogP contribution in [0.3, 0.4) is 0 Å². The Hall–Kier alpha value is -0.870. The average Bonchev–Trinajstić information content (AvgIpc) is 2.94. The lowest BCUT2D eigenvalue weighted by atomic mass is 9.87. The third-order valence-electron chi connectivity index (χ3n) is 3.98. The summed E-state index contributed by atoms with van der Waals surface area (Å²) in [7, 11) is -3.52. The normalized spacial score (nSPS) is 28.1. The minimum absolute atomic E-state index is 0.0266. The van der Waals surface area contributed by atoms with Crippen molar-refractivity contribution in [3.05, 3.63) is 35.9 Å². The Bertz CT molecular complexity index is 531. The maximum atomic E-state index is 12.0. The third-order valence-corrected chi connectivity index (χ3v) is 5.71. The van der Waals surface area contributed by atoms with Crippen molar-refractivity contribution in [3.63, 3.8) is 0 Å². The fraction of sp³-hybridized carbons (Fsp3) is 0.571. The largest absolute Gasteiger partial charge is 0.228 e. The lowest BCUT2D eigenvalue weighted by molar-refractivity contribution is 0.332. The van der Waals surface area contributed by atoms with E-state index in [9.17, 15) is 8.42 Å². The Morgan fingerprint density at radius 3 is 2.22 bits per heavy atom. The van der Waals surface area contributed by atoms with Crippen LogP contribution in [0.1, 0.15) is 32.8 Å². The molecule has 1 aliphatic carbocycles. The van der Waals surface area contributed by atoms with Gasteiger partial charge in [-0.3, -0.25) is 0 Å². The summed E-state index contributed by atoms with van der Waals surface area (Å²) >= 11 is 0. The summed E-state index contributed by atoms with van der Waals surface area (Å²) < 4.78 is 23.2. The van der Waals surface area contributed by atoms with E-state index in [0.29, 0.717) is 12.8 Å². The fourth-order valence-electron chi connectivity index (χ4n) is 2.93. The minimum atomic E-state index is -3.52. The lowest BCUT2D eigenvalue weighted by Gasteiger charge is -2.23.